The fraction of sp³-hybridized carbons (Fsp3) is 0.333. The summed E-state index contributed by atoms with van der Waals surface area (Å²) in [4.78, 5) is 14.9. The van der Waals surface area contributed by atoms with Gasteiger partial charge < -0.3 is 0 Å². The minimum Gasteiger partial charge on any atom is -0.294 e. The highest BCUT2D eigenvalue weighted by Gasteiger charge is 2.28. The van der Waals surface area contributed by atoms with Crippen molar-refractivity contribution >= 4 is 17.4 Å². The van der Waals surface area contributed by atoms with Crippen LogP contribution in [0.2, 0.25) is 5.15 Å². The largest absolute Gasteiger partial charge is 0.389 e. The minimum atomic E-state index is -4.31. The highest BCUT2D eigenvalue weighted by Crippen LogP contribution is 2.22. The zero-order valence-corrected chi connectivity index (χ0v) is 8.27. The van der Waals surface area contributed by atoms with Gasteiger partial charge in [0.05, 0.1) is 6.42 Å². The zero-order valence-electron chi connectivity index (χ0n) is 7.51. The van der Waals surface area contributed by atoms with Crippen LogP contribution in [0.15, 0.2) is 18.3 Å². The van der Waals surface area contributed by atoms with Crippen molar-refractivity contribution < 1.29 is 18.0 Å². The number of hydrogen-bond donors (Lipinski definition) is 0. The van der Waals surface area contributed by atoms with Gasteiger partial charge >= 0.3 is 6.18 Å². The molecule has 2 nitrogen and oxygen atoms in total. The summed E-state index contributed by atoms with van der Waals surface area (Å²) in [6.07, 6.45) is -4.72. The molecule has 0 aliphatic carbocycles. The summed E-state index contributed by atoms with van der Waals surface area (Å²) < 4.78 is 35.5. The number of hydrogen-bond acceptors (Lipinski definition) is 2. The van der Waals surface area contributed by atoms with Crippen molar-refractivity contribution in [3.63, 3.8) is 0 Å². The molecule has 0 amide bonds. The monoisotopic (exact) mass is 237 g/mol. The molecule has 0 atom stereocenters. The molecule has 6 heteroatoms. The number of halogens is 4. The summed E-state index contributed by atoms with van der Waals surface area (Å²) in [6, 6.07) is 2.59. The molecule has 0 aliphatic heterocycles. The molecule has 0 unspecified atom stereocenters. The Balaban J connectivity index is 2.62. The smallest absolute Gasteiger partial charge is 0.294 e. The lowest BCUT2D eigenvalue weighted by molar-refractivity contribution is -0.133. The van der Waals surface area contributed by atoms with E-state index in [1.807, 2.05) is 0 Å². The van der Waals surface area contributed by atoms with E-state index in [0.29, 0.717) is 0 Å². The molecule has 0 spiro atoms. The molecule has 1 rings (SSSR count). The van der Waals surface area contributed by atoms with Crippen LogP contribution in [0, 0.1) is 0 Å². The van der Waals surface area contributed by atoms with Crippen molar-refractivity contribution in [2.75, 3.05) is 0 Å². The summed E-state index contributed by atoms with van der Waals surface area (Å²) in [7, 11) is 0. The van der Waals surface area contributed by atoms with Crippen LogP contribution in [0.1, 0.15) is 23.2 Å². The summed E-state index contributed by atoms with van der Waals surface area (Å²) in [5, 5.41) is 0.0906. The number of alkyl halides is 3. The van der Waals surface area contributed by atoms with Crippen LogP contribution in [-0.2, 0) is 0 Å². The van der Waals surface area contributed by atoms with Crippen LogP contribution in [-0.4, -0.2) is 16.9 Å². The maximum atomic E-state index is 11.8. The Hall–Kier alpha value is -1.10. The van der Waals surface area contributed by atoms with Gasteiger partial charge in [0, 0.05) is 18.2 Å². The van der Waals surface area contributed by atoms with Crippen LogP contribution in [0.3, 0.4) is 0 Å². The molecule has 0 fully saturated rings. The second kappa shape index (κ2) is 4.61. The van der Waals surface area contributed by atoms with Crippen molar-refractivity contribution in [2.45, 2.75) is 19.0 Å². The van der Waals surface area contributed by atoms with Gasteiger partial charge in [-0.2, -0.15) is 13.2 Å². The number of carbonyl (C=O) groups excluding carboxylic acids is 1. The molecule has 1 aromatic rings. The summed E-state index contributed by atoms with van der Waals surface area (Å²) >= 11 is 5.49. The standard InChI is InChI=1S/C9H7ClF3NO/c10-8-5-6(2-4-14-8)7(15)1-3-9(11,12)13/h2,4-5H,1,3H2. The molecule has 0 aliphatic rings. The van der Waals surface area contributed by atoms with Crippen molar-refractivity contribution in [1.82, 2.24) is 4.98 Å². The molecular weight excluding hydrogens is 231 g/mol. The van der Waals surface area contributed by atoms with Crippen LogP contribution in [0.4, 0.5) is 13.2 Å². The fourth-order valence-electron chi connectivity index (χ4n) is 0.976. The van der Waals surface area contributed by atoms with Gasteiger partial charge in [-0.3, -0.25) is 4.79 Å². The van der Waals surface area contributed by atoms with Gasteiger partial charge in [-0.25, -0.2) is 4.98 Å². The first-order valence-electron chi connectivity index (χ1n) is 4.10. The quantitative estimate of drug-likeness (QED) is 0.597. The third-order valence-electron chi connectivity index (χ3n) is 1.68. The van der Waals surface area contributed by atoms with E-state index < -0.39 is 24.8 Å². The number of nitrogens with zero attached hydrogens (tertiary/aromatic N) is 1. The molecule has 0 bridgehead atoms. The Morgan fingerprint density at radius 3 is 2.67 bits per heavy atom. The predicted octanol–water partition coefficient (Wildman–Crippen LogP) is 3.26. The Morgan fingerprint density at radius 2 is 2.13 bits per heavy atom. The Bertz CT molecular complexity index is 365. The van der Waals surface area contributed by atoms with Gasteiger partial charge in [0.15, 0.2) is 5.78 Å². The Morgan fingerprint density at radius 1 is 1.47 bits per heavy atom. The molecule has 0 radical (unpaired) electrons. The molecule has 0 saturated carbocycles. The second-order valence-corrected chi connectivity index (χ2v) is 3.29. The summed E-state index contributed by atoms with van der Waals surface area (Å²) in [5.41, 5.74) is 0.152. The lowest BCUT2D eigenvalue weighted by Crippen LogP contribution is -2.10. The van der Waals surface area contributed by atoms with Crippen molar-refractivity contribution in [2.24, 2.45) is 0 Å². The first-order chi connectivity index (χ1) is 6.88. The van der Waals surface area contributed by atoms with Gasteiger partial charge in [-0.15, -0.1) is 0 Å². The van der Waals surface area contributed by atoms with Crippen LogP contribution >= 0.6 is 11.6 Å². The highest BCUT2D eigenvalue weighted by atomic mass is 35.5. The SMILES string of the molecule is O=C(CCC(F)(F)F)c1ccnc(Cl)c1. The van der Waals surface area contributed by atoms with Crippen LogP contribution < -0.4 is 0 Å². The van der Waals surface area contributed by atoms with Crippen molar-refractivity contribution in [3.8, 4) is 0 Å². The maximum absolute atomic E-state index is 11.8. The first-order valence-corrected chi connectivity index (χ1v) is 4.48. The van der Waals surface area contributed by atoms with Crippen LogP contribution in [0.25, 0.3) is 0 Å². The van der Waals surface area contributed by atoms with E-state index in [1.54, 1.807) is 0 Å². The lowest BCUT2D eigenvalue weighted by Gasteiger charge is -2.05. The van der Waals surface area contributed by atoms with Gasteiger partial charge in [-0.1, -0.05) is 11.6 Å². The van der Waals surface area contributed by atoms with E-state index in [-0.39, 0.29) is 10.7 Å². The predicted molar refractivity (Wildman–Crippen MR) is 48.9 cm³/mol. The van der Waals surface area contributed by atoms with E-state index in [9.17, 15) is 18.0 Å². The summed E-state index contributed by atoms with van der Waals surface area (Å²) in [5.74, 6) is -0.586. The number of Topliss-reactive ketones (excluding diaryl/α,β-unsaturated/α-hetero) is 1. The average molecular weight is 238 g/mol. The van der Waals surface area contributed by atoms with E-state index in [4.69, 9.17) is 11.6 Å². The fourth-order valence-corrected chi connectivity index (χ4v) is 1.15. The van der Waals surface area contributed by atoms with E-state index in [0.717, 1.165) is 0 Å². The molecule has 15 heavy (non-hydrogen) atoms. The third-order valence-corrected chi connectivity index (χ3v) is 1.89. The average Bonchev–Trinajstić information content (AvgIpc) is 2.13. The molecule has 0 aromatic carbocycles. The normalized spacial score (nSPS) is 11.5. The minimum absolute atomic E-state index is 0.0906. The highest BCUT2D eigenvalue weighted by molar-refractivity contribution is 6.29. The second-order valence-electron chi connectivity index (χ2n) is 2.91. The molecular formula is C9H7ClF3NO. The van der Waals surface area contributed by atoms with Gasteiger partial charge in [0.1, 0.15) is 5.15 Å². The topological polar surface area (TPSA) is 30.0 Å². The number of aromatic nitrogens is 1. The van der Waals surface area contributed by atoms with Gasteiger partial charge in [0.25, 0.3) is 0 Å². The molecule has 0 saturated heterocycles. The number of rotatable bonds is 3. The molecule has 1 aromatic heterocycles. The summed E-state index contributed by atoms with van der Waals surface area (Å²) in [6.45, 7) is 0. The van der Waals surface area contributed by atoms with E-state index in [1.165, 1.54) is 18.3 Å². The Labute approximate surface area is 89.1 Å². The van der Waals surface area contributed by atoms with Gasteiger partial charge in [-0.05, 0) is 12.1 Å². The van der Waals surface area contributed by atoms with E-state index >= 15 is 0 Å². The zero-order chi connectivity index (χ0) is 11.5. The van der Waals surface area contributed by atoms with Crippen molar-refractivity contribution in [1.29, 1.82) is 0 Å². The van der Waals surface area contributed by atoms with Crippen molar-refractivity contribution in [3.05, 3.63) is 29.0 Å². The van der Waals surface area contributed by atoms with Crippen LogP contribution in [0.5, 0.6) is 0 Å². The number of ketones is 1. The molecule has 0 N–H and O–H groups in total. The first kappa shape index (κ1) is 12.0. The molecule has 82 valence electrons. The third kappa shape index (κ3) is 4.29. The Kier molecular flexibility index (Phi) is 3.68. The maximum Gasteiger partial charge on any atom is 0.389 e. The lowest BCUT2D eigenvalue weighted by atomic mass is 10.1. The number of carbonyl (C=O) groups is 1. The van der Waals surface area contributed by atoms with Gasteiger partial charge in [0.2, 0.25) is 0 Å². The van der Waals surface area contributed by atoms with E-state index in [2.05, 4.69) is 4.98 Å². The number of pyridine rings is 1. The molecule has 1 heterocycles.